The van der Waals surface area contributed by atoms with E-state index in [2.05, 4.69) is 15.6 Å². The van der Waals surface area contributed by atoms with Crippen LogP contribution >= 0.6 is 0 Å². The molecule has 2 amide bonds. The molecule has 0 radical (unpaired) electrons. The molecule has 31 heavy (non-hydrogen) atoms. The van der Waals surface area contributed by atoms with Gasteiger partial charge in [0.15, 0.2) is 0 Å². The Bertz CT molecular complexity index is 911. The number of nitrogens with one attached hydrogen (secondary N) is 2. The molecule has 6 rings (SSSR count). The third kappa shape index (κ3) is 3.97. The van der Waals surface area contributed by atoms with Gasteiger partial charge in [-0.2, -0.15) is 0 Å². The van der Waals surface area contributed by atoms with Crippen LogP contribution in [0.25, 0.3) is 5.65 Å². The van der Waals surface area contributed by atoms with Gasteiger partial charge in [0.1, 0.15) is 11.7 Å². The van der Waals surface area contributed by atoms with Crippen LogP contribution in [0.5, 0.6) is 0 Å². The summed E-state index contributed by atoms with van der Waals surface area (Å²) in [7, 11) is 0. The summed E-state index contributed by atoms with van der Waals surface area (Å²) in [6.45, 7) is 4.53. The van der Waals surface area contributed by atoms with E-state index in [-0.39, 0.29) is 23.1 Å². The lowest BCUT2D eigenvalue weighted by molar-refractivity contribution is -0.149. The molecule has 0 aliphatic heterocycles. The highest BCUT2D eigenvalue weighted by Crippen LogP contribution is 2.60. The molecule has 166 valence electrons. The van der Waals surface area contributed by atoms with Crippen molar-refractivity contribution < 1.29 is 9.59 Å². The lowest BCUT2D eigenvalue weighted by Gasteiger charge is -2.55. The summed E-state index contributed by atoms with van der Waals surface area (Å²) in [5, 5.41) is 6.21. The number of carbonyl (C=O) groups excluding carboxylic acids is 2. The highest BCUT2D eigenvalue weighted by atomic mass is 16.2. The number of aromatic nitrogens is 2. The molecule has 2 N–H and O–H groups in total. The van der Waals surface area contributed by atoms with Crippen molar-refractivity contribution in [1.82, 2.24) is 20.0 Å². The van der Waals surface area contributed by atoms with Crippen LogP contribution in [0.2, 0.25) is 0 Å². The van der Waals surface area contributed by atoms with E-state index in [1.165, 1.54) is 19.3 Å². The quantitative estimate of drug-likeness (QED) is 0.719. The van der Waals surface area contributed by atoms with Gasteiger partial charge in [-0.25, -0.2) is 4.98 Å². The number of fused-ring (bicyclic) bond motifs is 1. The second kappa shape index (κ2) is 7.95. The first-order valence-corrected chi connectivity index (χ1v) is 11.9. The van der Waals surface area contributed by atoms with E-state index < -0.39 is 6.04 Å². The minimum absolute atomic E-state index is 0.0491. The summed E-state index contributed by atoms with van der Waals surface area (Å²) in [4.78, 5) is 31.0. The van der Waals surface area contributed by atoms with Crippen molar-refractivity contribution in [3.63, 3.8) is 0 Å². The Hall–Kier alpha value is -2.37. The first-order valence-electron chi connectivity index (χ1n) is 11.9. The van der Waals surface area contributed by atoms with E-state index in [1.54, 1.807) is 0 Å². The molecule has 4 fully saturated rings. The van der Waals surface area contributed by atoms with E-state index in [9.17, 15) is 9.59 Å². The lowest BCUT2D eigenvalue weighted by Crippen LogP contribution is -2.58. The molecule has 6 heteroatoms. The molecule has 6 nitrogen and oxygen atoms in total. The van der Waals surface area contributed by atoms with Gasteiger partial charge < -0.3 is 15.0 Å². The molecule has 1 atom stereocenters. The van der Waals surface area contributed by atoms with Crippen LogP contribution in [-0.4, -0.2) is 33.8 Å². The van der Waals surface area contributed by atoms with Crippen molar-refractivity contribution in [2.45, 2.75) is 64.8 Å². The van der Waals surface area contributed by atoms with Crippen LogP contribution in [0.1, 0.15) is 58.1 Å². The molecule has 0 aromatic carbocycles. The topological polar surface area (TPSA) is 75.5 Å². The SMILES string of the molecule is CC(C)[C@@H](NC(=O)C12CC3CC(CC(C3)C1)C2)C(=O)NCCc1cn2ccccc2n1. The number of hydrogen-bond acceptors (Lipinski definition) is 3. The largest absolute Gasteiger partial charge is 0.354 e. The van der Waals surface area contributed by atoms with Gasteiger partial charge in [0.2, 0.25) is 11.8 Å². The van der Waals surface area contributed by atoms with Gasteiger partial charge in [0, 0.05) is 30.8 Å². The minimum Gasteiger partial charge on any atom is -0.354 e. The molecule has 0 spiro atoms. The Morgan fingerprint density at radius 2 is 1.81 bits per heavy atom. The normalized spacial score (nSPS) is 30.0. The average Bonchev–Trinajstić information content (AvgIpc) is 3.13. The fourth-order valence-corrected chi connectivity index (χ4v) is 6.75. The summed E-state index contributed by atoms with van der Waals surface area (Å²) >= 11 is 0. The zero-order valence-electron chi connectivity index (χ0n) is 18.6. The zero-order valence-corrected chi connectivity index (χ0v) is 18.6. The van der Waals surface area contributed by atoms with E-state index >= 15 is 0 Å². The summed E-state index contributed by atoms with van der Waals surface area (Å²) in [5.41, 5.74) is 1.63. The van der Waals surface area contributed by atoms with E-state index in [4.69, 9.17) is 0 Å². The number of hydrogen-bond donors (Lipinski definition) is 2. The second-order valence-electron chi connectivity index (χ2n) is 10.6. The predicted molar refractivity (Wildman–Crippen MR) is 119 cm³/mol. The summed E-state index contributed by atoms with van der Waals surface area (Å²) in [6, 6.07) is 5.42. The predicted octanol–water partition coefficient (Wildman–Crippen LogP) is 3.35. The van der Waals surface area contributed by atoms with Crippen molar-refractivity contribution in [2.75, 3.05) is 6.54 Å². The Labute approximate surface area is 184 Å². The molecule has 4 aliphatic carbocycles. The van der Waals surface area contributed by atoms with E-state index in [0.717, 1.165) is 30.6 Å². The second-order valence-corrected chi connectivity index (χ2v) is 10.6. The van der Waals surface area contributed by atoms with Crippen molar-refractivity contribution in [3.8, 4) is 0 Å². The number of nitrogens with zero attached hydrogens (tertiary/aromatic N) is 2. The van der Waals surface area contributed by atoms with Gasteiger partial charge in [-0.3, -0.25) is 9.59 Å². The van der Waals surface area contributed by atoms with Crippen molar-refractivity contribution >= 4 is 17.5 Å². The maximum Gasteiger partial charge on any atom is 0.242 e. The number of carbonyl (C=O) groups is 2. The van der Waals surface area contributed by atoms with Gasteiger partial charge in [-0.05, 0) is 74.3 Å². The maximum atomic E-state index is 13.4. The first-order chi connectivity index (χ1) is 14.9. The molecule has 4 saturated carbocycles. The third-order valence-corrected chi connectivity index (χ3v) is 7.85. The number of imidazole rings is 1. The molecular weight excluding hydrogens is 388 g/mol. The van der Waals surface area contributed by atoms with Gasteiger partial charge in [-0.15, -0.1) is 0 Å². The van der Waals surface area contributed by atoms with Gasteiger partial charge in [0.25, 0.3) is 0 Å². The molecule has 4 bridgehead atoms. The van der Waals surface area contributed by atoms with E-state index in [1.807, 2.05) is 48.8 Å². The molecule has 0 saturated heterocycles. The van der Waals surface area contributed by atoms with E-state index in [0.29, 0.717) is 30.7 Å². The van der Waals surface area contributed by atoms with Gasteiger partial charge in [-0.1, -0.05) is 19.9 Å². The number of amides is 2. The number of pyridine rings is 1. The highest BCUT2D eigenvalue weighted by molar-refractivity contribution is 5.90. The molecule has 2 heterocycles. The van der Waals surface area contributed by atoms with Crippen molar-refractivity contribution in [3.05, 3.63) is 36.3 Å². The zero-order chi connectivity index (χ0) is 21.6. The fraction of sp³-hybridized carbons (Fsp3) is 0.640. The Kier molecular flexibility index (Phi) is 5.27. The van der Waals surface area contributed by atoms with Crippen LogP contribution < -0.4 is 10.6 Å². The van der Waals surface area contributed by atoms with Crippen LogP contribution in [0.3, 0.4) is 0 Å². The van der Waals surface area contributed by atoms with Crippen LogP contribution in [0.15, 0.2) is 30.6 Å². The van der Waals surface area contributed by atoms with Crippen molar-refractivity contribution in [1.29, 1.82) is 0 Å². The first kappa shape index (κ1) is 20.5. The Morgan fingerprint density at radius 3 is 2.42 bits per heavy atom. The average molecular weight is 423 g/mol. The standard InChI is InChI=1S/C25H34N4O2/c1-16(2)22(23(30)26-7-6-20-15-29-8-4-3-5-21(29)27-20)28-24(31)25-12-17-9-18(13-25)11-19(10-17)14-25/h3-5,8,15-19,22H,6-7,9-14H2,1-2H3,(H,26,30)(H,28,31)/t17?,18?,19?,22-,25?/m1/s1. The molecule has 2 aromatic rings. The Morgan fingerprint density at radius 1 is 1.13 bits per heavy atom. The fourth-order valence-electron chi connectivity index (χ4n) is 6.75. The molecular formula is C25H34N4O2. The van der Waals surface area contributed by atoms with Gasteiger partial charge >= 0.3 is 0 Å². The number of rotatable bonds is 7. The summed E-state index contributed by atoms with van der Waals surface area (Å²) in [5.74, 6) is 2.24. The van der Waals surface area contributed by atoms with Crippen LogP contribution in [0.4, 0.5) is 0 Å². The van der Waals surface area contributed by atoms with Gasteiger partial charge in [0.05, 0.1) is 5.69 Å². The van der Waals surface area contributed by atoms with Crippen molar-refractivity contribution in [2.24, 2.45) is 29.1 Å². The monoisotopic (exact) mass is 422 g/mol. The van der Waals surface area contributed by atoms with Crippen LogP contribution in [-0.2, 0) is 16.0 Å². The molecule has 4 aliphatic rings. The highest BCUT2D eigenvalue weighted by Gasteiger charge is 2.55. The molecule has 2 aromatic heterocycles. The summed E-state index contributed by atoms with van der Waals surface area (Å²) < 4.78 is 1.99. The third-order valence-electron chi connectivity index (χ3n) is 7.85. The smallest absolute Gasteiger partial charge is 0.242 e. The maximum absolute atomic E-state index is 13.4. The minimum atomic E-state index is -0.485. The molecule has 0 unspecified atom stereocenters. The summed E-state index contributed by atoms with van der Waals surface area (Å²) in [6.07, 6.45) is 11.6. The Balaban J connectivity index is 1.19. The lowest BCUT2D eigenvalue weighted by atomic mass is 9.49. The van der Waals surface area contributed by atoms with Crippen LogP contribution in [0, 0.1) is 29.1 Å².